The molecule has 6 heteroatoms. The van der Waals surface area contributed by atoms with Crippen molar-refractivity contribution in [3.8, 4) is 0 Å². The normalized spacial score (nSPS) is 15.8. The van der Waals surface area contributed by atoms with Gasteiger partial charge in [-0.25, -0.2) is 9.18 Å². The number of benzene rings is 2. The minimum Gasteiger partial charge on any atom is -0.463 e. The van der Waals surface area contributed by atoms with Gasteiger partial charge in [0, 0.05) is 25.0 Å². The van der Waals surface area contributed by atoms with E-state index in [9.17, 15) is 14.0 Å². The van der Waals surface area contributed by atoms with Gasteiger partial charge in [-0.3, -0.25) is 4.79 Å². The van der Waals surface area contributed by atoms with Crippen LogP contribution >= 0.6 is 0 Å². The van der Waals surface area contributed by atoms with Crippen molar-refractivity contribution in [1.82, 2.24) is 0 Å². The van der Waals surface area contributed by atoms with E-state index in [-0.39, 0.29) is 11.7 Å². The van der Waals surface area contributed by atoms with Crippen LogP contribution < -0.4 is 5.32 Å². The lowest BCUT2D eigenvalue weighted by molar-refractivity contribution is -0.137. The second-order valence-corrected chi connectivity index (χ2v) is 6.87. The molecule has 0 atom stereocenters. The maximum Gasteiger partial charge on any atom is 0.330 e. The summed E-state index contributed by atoms with van der Waals surface area (Å²) in [7, 11) is 0. The largest absolute Gasteiger partial charge is 0.463 e. The van der Waals surface area contributed by atoms with Gasteiger partial charge in [0.05, 0.1) is 12.0 Å². The molecule has 0 bridgehead atoms. The number of amides is 1. The summed E-state index contributed by atoms with van der Waals surface area (Å²) in [5.41, 5.74) is 1.27. The number of ether oxygens (including phenoxy) is 2. The van der Waals surface area contributed by atoms with E-state index in [0.717, 1.165) is 5.56 Å². The number of carbonyl (C=O) groups is 2. The fourth-order valence-electron chi connectivity index (χ4n) is 3.44. The molecule has 29 heavy (non-hydrogen) atoms. The third-order valence-electron chi connectivity index (χ3n) is 5.03. The first-order chi connectivity index (χ1) is 14.0. The Morgan fingerprint density at radius 3 is 2.55 bits per heavy atom. The van der Waals surface area contributed by atoms with Gasteiger partial charge in [-0.2, -0.15) is 0 Å². The van der Waals surface area contributed by atoms with Crippen molar-refractivity contribution in [1.29, 1.82) is 0 Å². The van der Waals surface area contributed by atoms with Gasteiger partial charge in [0.2, 0.25) is 5.91 Å². The Balaban J connectivity index is 1.75. The van der Waals surface area contributed by atoms with Crippen molar-refractivity contribution < 1.29 is 23.5 Å². The number of hydrogen-bond acceptors (Lipinski definition) is 4. The Kier molecular flexibility index (Phi) is 6.77. The third kappa shape index (κ3) is 5.09. The molecular formula is C23H24FNO4. The monoisotopic (exact) mass is 397 g/mol. The fraction of sp³-hybridized carbons (Fsp3) is 0.304. The molecule has 0 saturated carbocycles. The van der Waals surface area contributed by atoms with Crippen molar-refractivity contribution in [3.05, 3.63) is 71.6 Å². The molecule has 1 fully saturated rings. The SMILES string of the molecule is CCOC(=O)C=Cc1ccc(NC(=O)C2(c3cccc(F)c3)CCOCC2)cc1. The molecule has 2 aromatic rings. The quantitative estimate of drug-likeness (QED) is 0.589. The van der Waals surface area contributed by atoms with Gasteiger partial charge in [0.25, 0.3) is 0 Å². The minimum atomic E-state index is -0.831. The average Bonchev–Trinajstić information content (AvgIpc) is 2.74. The van der Waals surface area contributed by atoms with Crippen molar-refractivity contribution in [3.63, 3.8) is 0 Å². The van der Waals surface area contributed by atoms with Crippen molar-refractivity contribution in [2.24, 2.45) is 0 Å². The van der Waals surface area contributed by atoms with Crippen LogP contribution in [0.2, 0.25) is 0 Å². The van der Waals surface area contributed by atoms with Crippen LogP contribution in [0.15, 0.2) is 54.6 Å². The van der Waals surface area contributed by atoms with Crippen LogP contribution in [-0.4, -0.2) is 31.7 Å². The molecule has 0 aromatic heterocycles. The molecule has 1 amide bonds. The van der Waals surface area contributed by atoms with Crippen LogP contribution in [0, 0.1) is 5.82 Å². The van der Waals surface area contributed by atoms with Crippen LogP contribution in [0.4, 0.5) is 10.1 Å². The first kappa shape index (κ1) is 20.7. The summed E-state index contributed by atoms with van der Waals surface area (Å²) in [6.07, 6.45) is 3.99. The third-order valence-corrected chi connectivity index (χ3v) is 5.03. The van der Waals surface area contributed by atoms with E-state index in [1.165, 1.54) is 18.2 Å². The van der Waals surface area contributed by atoms with Crippen molar-refractivity contribution in [2.75, 3.05) is 25.1 Å². The van der Waals surface area contributed by atoms with Crippen LogP contribution in [-0.2, 0) is 24.5 Å². The summed E-state index contributed by atoms with van der Waals surface area (Å²) in [5, 5.41) is 2.95. The maximum atomic E-state index is 13.8. The number of hydrogen-bond donors (Lipinski definition) is 1. The molecule has 1 saturated heterocycles. The first-order valence-electron chi connectivity index (χ1n) is 9.64. The zero-order chi connectivity index (χ0) is 20.7. The Labute approximate surface area is 169 Å². The first-order valence-corrected chi connectivity index (χ1v) is 9.64. The molecule has 1 aliphatic rings. The lowest BCUT2D eigenvalue weighted by atomic mass is 9.73. The number of carbonyl (C=O) groups excluding carboxylic acids is 2. The van der Waals surface area contributed by atoms with Crippen molar-refractivity contribution in [2.45, 2.75) is 25.2 Å². The zero-order valence-electron chi connectivity index (χ0n) is 16.3. The summed E-state index contributed by atoms with van der Waals surface area (Å²) in [4.78, 5) is 24.6. The molecule has 5 nitrogen and oxygen atoms in total. The molecule has 152 valence electrons. The van der Waals surface area contributed by atoms with E-state index in [4.69, 9.17) is 9.47 Å². The molecule has 1 heterocycles. The zero-order valence-corrected chi connectivity index (χ0v) is 16.3. The lowest BCUT2D eigenvalue weighted by Crippen LogP contribution is -2.44. The molecule has 0 aliphatic carbocycles. The Hall–Kier alpha value is -2.99. The maximum absolute atomic E-state index is 13.8. The number of nitrogens with one attached hydrogen (secondary N) is 1. The molecule has 1 aliphatic heterocycles. The van der Waals surface area contributed by atoms with E-state index >= 15 is 0 Å². The van der Waals surface area contributed by atoms with Gasteiger partial charge in [0.1, 0.15) is 5.82 Å². The second-order valence-electron chi connectivity index (χ2n) is 6.87. The van der Waals surface area contributed by atoms with Gasteiger partial charge >= 0.3 is 5.97 Å². The summed E-state index contributed by atoms with van der Waals surface area (Å²) in [5.74, 6) is -0.943. The highest BCUT2D eigenvalue weighted by molar-refractivity contribution is 5.99. The van der Waals surface area contributed by atoms with Gasteiger partial charge in [-0.1, -0.05) is 24.3 Å². The van der Waals surface area contributed by atoms with Gasteiger partial charge in [-0.05, 0) is 61.2 Å². The highest BCUT2D eigenvalue weighted by Crippen LogP contribution is 2.36. The standard InChI is InChI=1S/C23H24FNO4/c1-2-29-21(26)11-8-17-6-9-20(10-7-17)25-22(27)23(12-14-28-15-13-23)18-4-3-5-19(24)16-18/h3-11,16H,2,12-15H2,1H3,(H,25,27). The number of esters is 1. The van der Waals surface area contributed by atoms with Gasteiger partial charge in [-0.15, -0.1) is 0 Å². The second kappa shape index (κ2) is 9.47. The van der Waals surface area contributed by atoms with E-state index in [0.29, 0.717) is 43.9 Å². The number of anilines is 1. The summed E-state index contributed by atoms with van der Waals surface area (Å²) < 4.78 is 24.1. The fourth-order valence-corrected chi connectivity index (χ4v) is 3.44. The van der Waals surface area contributed by atoms with Gasteiger partial charge in [0.15, 0.2) is 0 Å². The molecular weight excluding hydrogens is 373 g/mol. The van der Waals surface area contributed by atoms with E-state index in [2.05, 4.69) is 5.32 Å². The predicted molar refractivity (Wildman–Crippen MR) is 109 cm³/mol. The number of rotatable bonds is 6. The van der Waals surface area contributed by atoms with Crippen LogP contribution in [0.5, 0.6) is 0 Å². The molecule has 3 rings (SSSR count). The molecule has 0 spiro atoms. The average molecular weight is 397 g/mol. The summed E-state index contributed by atoms with van der Waals surface area (Å²) >= 11 is 0. The Bertz CT molecular complexity index is 886. The molecule has 0 radical (unpaired) electrons. The lowest BCUT2D eigenvalue weighted by Gasteiger charge is -2.36. The van der Waals surface area contributed by atoms with Crippen LogP contribution in [0.25, 0.3) is 6.08 Å². The summed E-state index contributed by atoms with van der Waals surface area (Å²) in [6.45, 7) is 2.97. The van der Waals surface area contributed by atoms with Crippen LogP contribution in [0.1, 0.15) is 30.9 Å². The van der Waals surface area contributed by atoms with E-state index in [1.807, 2.05) is 0 Å². The Morgan fingerprint density at radius 2 is 1.90 bits per heavy atom. The molecule has 0 unspecified atom stereocenters. The molecule has 2 aromatic carbocycles. The highest BCUT2D eigenvalue weighted by atomic mass is 19.1. The van der Waals surface area contributed by atoms with Crippen LogP contribution in [0.3, 0.4) is 0 Å². The Morgan fingerprint density at radius 1 is 1.17 bits per heavy atom. The van der Waals surface area contributed by atoms with Gasteiger partial charge < -0.3 is 14.8 Å². The highest BCUT2D eigenvalue weighted by Gasteiger charge is 2.42. The predicted octanol–water partition coefficient (Wildman–Crippen LogP) is 4.09. The van der Waals surface area contributed by atoms with E-state index in [1.54, 1.807) is 49.4 Å². The number of halogens is 1. The minimum absolute atomic E-state index is 0.179. The molecule has 1 N–H and O–H groups in total. The smallest absolute Gasteiger partial charge is 0.330 e. The van der Waals surface area contributed by atoms with Crippen molar-refractivity contribution >= 4 is 23.6 Å². The summed E-state index contributed by atoms with van der Waals surface area (Å²) in [6, 6.07) is 13.3. The topological polar surface area (TPSA) is 64.6 Å². The van der Waals surface area contributed by atoms with E-state index < -0.39 is 11.4 Å².